The smallest absolute Gasteiger partial charge is 0.223 e. The van der Waals surface area contributed by atoms with Gasteiger partial charge in [0.15, 0.2) is 0 Å². The van der Waals surface area contributed by atoms with Gasteiger partial charge in [0.2, 0.25) is 5.91 Å². The number of thiocarbonyl (C=S) groups is 1. The normalized spacial score (nSPS) is 22.7. The number of carbonyl (C=O) groups excluding carboxylic acids is 1. The molecule has 4 heteroatoms. The molecule has 0 bridgehead atoms. The number of piperidine rings is 1. The summed E-state index contributed by atoms with van der Waals surface area (Å²) in [7, 11) is 0. The highest BCUT2D eigenvalue weighted by Gasteiger charge is 2.31. The van der Waals surface area contributed by atoms with Gasteiger partial charge < -0.3 is 10.6 Å². The molecule has 1 saturated heterocycles. The third-order valence-electron chi connectivity index (χ3n) is 4.11. The van der Waals surface area contributed by atoms with Crippen molar-refractivity contribution < 1.29 is 4.79 Å². The summed E-state index contributed by atoms with van der Waals surface area (Å²) in [5.41, 5.74) is 5.91. The molecule has 104 valence electrons. The lowest BCUT2D eigenvalue weighted by molar-refractivity contribution is -0.135. The Morgan fingerprint density at radius 2 is 2.06 bits per heavy atom. The van der Waals surface area contributed by atoms with Gasteiger partial charge in [0.05, 0.1) is 11.0 Å². The first-order valence-electron chi connectivity index (χ1n) is 6.82. The fourth-order valence-electron chi connectivity index (χ4n) is 2.21. The first-order chi connectivity index (χ1) is 8.23. The van der Waals surface area contributed by atoms with Crippen LogP contribution in [0, 0.1) is 11.3 Å². The molecule has 2 atom stereocenters. The van der Waals surface area contributed by atoms with Crippen LogP contribution in [0.3, 0.4) is 0 Å². The van der Waals surface area contributed by atoms with Crippen molar-refractivity contribution in [2.75, 3.05) is 6.54 Å². The number of hydrogen-bond acceptors (Lipinski definition) is 2. The SMILES string of the molecule is CC(CC(=O)N1CCCCC1C(N)=S)C(C)(C)C. The molecule has 2 N–H and O–H groups in total. The number of carbonyl (C=O) groups is 1. The Bertz CT molecular complexity index is 322. The van der Waals surface area contributed by atoms with Gasteiger partial charge in [-0.05, 0) is 30.6 Å². The number of nitrogens with two attached hydrogens (primary N) is 1. The predicted molar refractivity (Wildman–Crippen MR) is 79.4 cm³/mol. The van der Waals surface area contributed by atoms with Crippen LogP contribution in [0.5, 0.6) is 0 Å². The summed E-state index contributed by atoms with van der Waals surface area (Å²) in [6, 6.07) is -0.0200. The lowest BCUT2D eigenvalue weighted by Gasteiger charge is -2.37. The average Bonchev–Trinajstić information content (AvgIpc) is 2.27. The van der Waals surface area contributed by atoms with Gasteiger partial charge >= 0.3 is 0 Å². The van der Waals surface area contributed by atoms with E-state index in [0.29, 0.717) is 17.3 Å². The Hall–Kier alpha value is -0.640. The lowest BCUT2D eigenvalue weighted by atomic mass is 9.79. The molecule has 1 rings (SSSR count). The predicted octanol–water partition coefficient (Wildman–Crippen LogP) is 2.73. The quantitative estimate of drug-likeness (QED) is 0.802. The minimum Gasteiger partial charge on any atom is -0.392 e. The van der Waals surface area contributed by atoms with Crippen molar-refractivity contribution in [3.63, 3.8) is 0 Å². The van der Waals surface area contributed by atoms with Crippen LogP contribution >= 0.6 is 12.2 Å². The molecule has 1 heterocycles. The summed E-state index contributed by atoms with van der Waals surface area (Å²) >= 11 is 5.08. The number of hydrogen-bond donors (Lipinski definition) is 1. The van der Waals surface area contributed by atoms with Gasteiger partial charge in [0, 0.05) is 13.0 Å². The van der Waals surface area contributed by atoms with Gasteiger partial charge in [0.1, 0.15) is 0 Å². The second-order valence-electron chi connectivity index (χ2n) is 6.47. The zero-order valence-corrected chi connectivity index (χ0v) is 12.8. The monoisotopic (exact) mass is 270 g/mol. The zero-order valence-electron chi connectivity index (χ0n) is 12.0. The fourth-order valence-corrected chi connectivity index (χ4v) is 2.46. The highest BCUT2D eigenvalue weighted by atomic mass is 32.1. The number of amides is 1. The fraction of sp³-hybridized carbons (Fsp3) is 0.857. The molecule has 0 aromatic heterocycles. The topological polar surface area (TPSA) is 46.3 Å². The van der Waals surface area contributed by atoms with Crippen LogP contribution in [0.4, 0.5) is 0 Å². The molecular formula is C14H26N2OS. The average molecular weight is 270 g/mol. The van der Waals surface area contributed by atoms with Crippen molar-refractivity contribution in [3.8, 4) is 0 Å². The second kappa shape index (κ2) is 6.00. The molecule has 3 nitrogen and oxygen atoms in total. The maximum atomic E-state index is 12.4. The van der Waals surface area contributed by atoms with Crippen molar-refractivity contribution in [1.82, 2.24) is 4.90 Å². The van der Waals surface area contributed by atoms with Crippen molar-refractivity contribution in [2.24, 2.45) is 17.1 Å². The summed E-state index contributed by atoms with van der Waals surface area (Å²) in [6.45, 7) is 9.46. The van der Waals surface area contributed by atoms with Crippen LogP contribution in [0.15, 0.2) is 0 Å². The lowest BCUT2D eigenvalue weighted by Crippen LogP contribution is -2.50. The Morgan fingerprint density at radius 3 is 2.56 bits per heavy atom. The molecule has 0 aromatic rings. The van der Waals surface area contributed by atoms with Crippen LogP contribution < -0.4 is 5.73 Å². The largest absolute Gasteiger partial charge is 0.392 e. The minimum atomic E-state index is -0.0200. The number of likely N-dealkylation sites (tertiary alicyclic amines) is 1. The molecule has 0 radical (unpaired) electrons. The van der Waals surface area contributed by atoms with Crippen molar-refractivity contribution >= 4 is 23.1 Å². The van der Waals surface area contributed by atoms with Gasteiger partial charge in [-0.15, -0.1) is 0 Å². The first-order valence-corrected chi connectivity index (χ1v) is 7.23. The molecule has 18 heavy (non-hydrogen) atoms. The van der Waals surface area contributed by atoms with Crippen molar-refractivity contribution in [2.45, 2.75) is 59.4 Å². The van der Waals surface area contributed by atoms with E-state index in [-0.39, 0.29) is 17.4 Å². The number of nitrogens with zero attached hydrogens (tertiary/aromatic N) is 1. The first kappa shape index (κ1) is 15.4. The van der Waals surface area contributed by atoms with Crippen LogP contribution in [0.2, 0.25) is 0 Å². The second-order valence-corrected chi connectivity index (χ2v) is 6.94. The minimum absolute atomic E-state index is 0.0200. The van der Waals surface area contributed by atoms with Gasteiger partial charge in [-0.1, -0.05) is 39.9 Å². The van der Waals surface area contributed by atoms with Crippen LogP contribution in [0.1, 0.15) is 53.4 Å². The summed E-state index contributed by atoms with van der Waals surface area (Å²) in [4.78, 5) is 14.7. The van der Waals surface area contributed by atoms with E-state index in [2.05, 4.69) is 27.7 Å². The van der Waals surface area contributed by atoms with Crippen LogP contribution in [-0.4, -0.2) is 28.4 Å². The van der Waals surface area contributed by atoms with E-state index in [4.69, 9.17) is 18.0 Å². The van der Waals surface area contributed by atoms with Crippen molar-refractivity contribution in [3.05, 3.63) is 0 Å². The molecule has 0 saturated carbocycles. The standard InChI is InChI=1S/C14H26N2OS/c1-10(14(2,3)4)9-12(17)16-8-6-5-7-11(16)13(15)18/h10-11H,5-9H2,1-4H3,(H2,15,18). The van der Waals surface area contributed by atoms with E-state index in [0.717, 1.165) is 25.8 Å². The van der Waals surface area contributed by atoms with E-state index >= 15 is 0 Å². The maximum absolute atomic E-state index is 12.4. The Balaban J connectivity index is 2.67. The van der Waals surface area contributed by atoms with E-state index in [9.17, 15) is 4.79 Å². The maximum Gasteiger partial charge on any atom is 0.223 e. The summed E-state index contributed by atoms with van der Waals surface area (Å²) in [5, 5.41) is 0. The Labute approximate surface area is 116 Å². The highest BCUT2D eigenvalue weighted by molar-refractivity contribution is 7.80. The summed E-state index contributed by atoms with van der Waals surface area (Å²) in [5.74, 6) is 0.564. The third kappa shape index (κ3) is 3.94. The molecule has 1 aliphatic heterocycles. The highest BCUT2D eigenvalue weighted by Crippen LogP contribution is 2.29. The molecule has 1 amide bonds. The zero-order chi connectivity index (χ0) is 13.9. The molecular weight excluding hydrogens is 244 g/mol. The van der Waals surface area contributed by atoms with Gasteiger partial charge in [-0.25, -0.2) is 0 Å². The Kier molecular flexibility index (Phi) is 5.14. The van der Waals surface area contributed by atoms with E-state index in [1.54, 1.807) is 0 Å². The molecule has 0 aromatic carbocycles. The van der Waals surface area contributed by atoms with Crippen molar-refractivity contribution in [1.29, 1.82) is 0 Å². The number of rotatable bonds is 3. The van der Waals surface area contributed by atoms with E-state index in [1.165, 1.54) is 0 Å². The molecule has 0 aliphatic carbocycles. The van der Waals surface area contributed by atoms with E-state index < -0.39 is 0 Å². The van der Waals surface area contributed by atoms with Gasteiger partial charge in [0.25, 0.3) is 0 Å². The third-order valence-corrected chi connectivity index (χ3v) is 4.38. The molecule has 2 unspecified atom stereocenters. The van der Waals surface area contributed by atoms with Gasteiger partial charge in [-0.3, -0.25) is 4.79 Å². The molecule has 1 fully saturated rings. The van der Waals surface area contributed by atoms with Gasteiger partial charge in [-0.2, -0.15) is 0 Å². The molecule has 1 aliphatic rings. The van der Waals surface area contributed by atoms with E-state index in [1.807, 2.05) is 4.90 Å². The van der Waals surface area contributed by atoms with Crippen LogP contribution in [0.25, 0.3) is 0 Å². The van der Waals surface area contributed by atoms with Crippen LogP contribution in [-0.2, 0) is 4.79 Å². The molecule has 0 spiro atoms. The Morgan fingerprint density at radius 1 is 1.44 bits per heavy atom. The summed E-state index contributed by atoms with van der Waals surface area (Å²) < 4.78 is 0. The summed E-state index contributed by atoms with van der Waals surface area (Å²) in [6.07, 6.45) is 3.68.